The maximum Gasteiger partial charge on any atom is 0.306 e. The summed E-state index contributed by atoms with van der Waals surface area (Å²) in [4.78, 5) is 39.6. The zero-order valence-electron chi connectivity index (χ0n) is 15.2. The van der Waals surface area contributed by atoms with Crippen molar-refractivity contribution >= 4 is 17.8 Å². The Morgan fingerprint density at radius 2 is 1.42 bits per heavy atom. The van der Waals surface area contributed by atoms with Crippen molar-refractivity contribution in [2.24, 2.45) is 11.8 Å². The lowest BCUT2D eigenvalue weighted by atomic mass is 10.0. The molecule has 2 saturated heterocycles. The largest absolute Gasteiger partial charge is 0.469 e. The van der Waals surface area contributed by atoms with Gasteiger partial charge in [0.2, 0.25) is 11.8 Å². The predicted octanol–water partition coefficient (Wildman–Crippen LogP) is 1.49. The Kier molecular flexibility index (Phi) is 5.91. The van der Waals surface area contributed by atoms with E-state index in [1.165, 1.54) is 12.7 Å². The molecule has 0 bridgehead atoms. The standard InChI is InChI=1S/C20H26N2O4/c1-26-20(25)10-9-19(24)22-13-16-11-21(12-17(16)14-22)18(23)8-7-15-5-3-2-4-6-15/h2-6,16-17H,7-14H2,1H3. The molecule has 2 heterocycles. The lowest BCUT2D eigenvalue weighted by Crippen LogP contribution is -2.35. The summed E-state index contributed by atoms with van der Waals surface area (Å²) < 4.78 is 4.58. The number of hydrogen-bond donors (Lipinski definition) is 0. The molecular formula is C20H26N2O4. The molecule has 0 N–H and O–H groups in total. The van der Waals surface area contributed by atoms with E-state index in [4.69, 9.17) is 0 Å². The molecule has 140 valence electrons. The van der Waals surface area contributed by atoms with E-state index in [9.17, 15) is 14.4 Å². The summed E-state index contributed by atoms with van der Waals surface area (Å²) in [7, 11) is 1.33. The fourth-order valence-electron chi connectivity index (χ4n) is 3.92. The van der Waals surface area contributed by atoms with Crippen LogP contribution in [0.2, 0.25) is 0 Å². The number of rotatable bonds is 6. The summed E-state index contributed by atoms with van der Waals surface area (Å²) in [5, 5.41) is 0. The summed E-state index contributed by atoms with van der Waals surface area (Å²) >= 11 is 0. The minimum atomic E-state index is -0.354. The van der Waals surface area contributed by atoms with Gasteiger partial charge in [-0.2, -0.15) is 0 Å². The predicted molar refractivity (Wildman–Crippen MR) is 96.2 cm³/mol. The molecule has 2 atom stereocenters. The van der Waals surface area contributed by atoms with E-state index in [0.29, 0.717) is 31.3 Å². The first-order valence-corrected chi connectivity index (χ1v) is 9.23. The van der Waals surface area contributed by atoms with Crippen molar-refractivity contribution in [3.05, 3.63) is 35.9 Å². The maximum atomic E-state index is 12.5. The molecule has 0 aromatic heterocycles. The molecular weight excluding hydrogens is 332 g/mol. The molecule has 0 aliphatic carbocycles. The van der Waals surface area contributed by atoms with Gasteiger partial charge in [-0.05, 0) is 12.0 Å². The Morgan fingerprint density at radius 1 is 0.885 bits per heavy atom. The Morgan fingerprint density at radius 3 is 1.96 bits per heavy atom. The van der Waals surface area contributed by atoms with Gasteiger partial charge in [0.05, 0.1) is 13.5 Å². The lowest BCUT2D eigenvalue weighted by molar-refractivity contribution is -0.143. The van der Waals surface area contributed by atoms with Crippen molar-refractivity contribution in [1.29, 1.82) is 0 Å². The third kappa shape index (κ3) is 4.42. The molecule has 2 aliphatic heterocycles. The normalized spacial score (nSPS) is 21.6. The molecule has 2 fully saturated rings. The second-order valence-corrected chi connectivity index (χ2v) is 7.18. The number of amides is 2. The van der Waals surface area contributed by atoms with Crippen molar-refractivity contribution in [1.82, 2.24) is 9.80 Å². The Labute approximate surface area is 154 Å². The van der Waals surface area contributed by atoms with Gasteiger partial charge in [0.25, 0.3) is 0 Å². The van der Waals surface area contributed by atoms with Crippen LogP contribution in [0.3, 0.4) is 0 Å². The van der Waals surface area contributed by atoms with E-state index >= 15 is 0 Å². The molecule has 3 rings (SSSR count). The highest BCUT2D eigenvalue weighted by molar-refractivity contribution is 5.81. The van der Waals surface area contributed by atoms with Crippen molar-refractivity contribution in [2.75, 3.05) is 33.3 Å². The first-order valence-electron chi connectivity index (χ1n) is 9.23. The average molecular weight is 358 g/mol. The van der Waals surface area contributed by atoms with Gasteiger partial charge in [-0.15, -0.1) is 0 Å². The summed E-state index contributed by atoms with van der Waals surface area (Å²) in [6.07, 6.45) is 1.63. The number of fused-ring (bicyclic) bond motifs is 1. The molecule has 0 spiro atoms. The summed E-state index contributed by atoms with van der Waals surface area (Å²) in [6.45, 7) is 2.85. The number of aryl methyl sites for hydroxylation is 1. The van der Waals surface area contributed by atoms with Gasteiger partial charge < -0.3 is 14.5 Å². The number of methoxy groups -OCH3 is 1. The van der Waals surface area contributed by atoms with E-state index in [1.807, 2.05) is 40.1 Å². The number of carbonyl (C=O) groups excluding carboxylic acids is 3. The third-order valence-corrected chi connectivity index (χ3v) is 5.43. The van der Waals surface area contributed by atoms with Gasteiger partial charge in [0.1, 0.15) is 0 Å². The molecule has 2 aliphatic rings. The van der Waals surface area contributed by atoms with Gasteiger partial charge in [-0.1, -0.05) is 30.3 Å². The Hall–Kier alpha value is -2.37. The summed E-state index contributed by atoms with van der Waals surface area (Å²) in [6, 6.07) is 10.1. The fourth-order valence-corrected chi connectivity index (χ4v) is 3.92. The second-order valence-electron chi connectivity index (χ2n) is 7.18. The number of benzene rings is 1. The molecule has 0 radical (unpaired) electrons. The third-order valence-electron chi connectivity index (χ3n) is 5.43. The summed E-state index contributed by atoms with van der Waals surface area (Å²) in [5.41, 5.74) is 1.18. The van der Waals surface area contributed by atoms with E-state index in [-0.39, 0.29) is 30.6 Å². The number of likely N-dealkylation sites (tertiary alicyclic amines) is 2. The molecule has 1 aromatic rings. The van der Waals surface area contributed by atoms with E-state index in [2.05, 4.69) is 4.74 Å². The van der Waals surface area contributed by atoms with Crippen LogP contribution < -0.4 is 0 Å². The number of ether oxygens (including phenoxy) is 1. The van der Waals surface area contributed by atoms with Crippen LogP contribution in [0.4, 0.5) is 0 Å². The van der Waals surface area contributed by atoms with Gasteiger partial charge in [-0.3, -0.25) is 14.4 Å². The van der Waals surface area contributed by atoms with Gasteiger partial charge in [0.15, 0.2) is 0 Å². The van der Waals surface area contributed by atoms with Crippen LogP contribution in [0.15, 0.2) is 30.3 Å². The van der Waals surface area contributed by atoms with Crippen LogP contribution in [0.5, 0.6) is 0 Å². The first-order chi connectivity index (χ1) is 12.6. The lowest BCUT2D eigenvalue weighted by Gasteiger charge is -2.22. The quantitative estimate of drug-likeness (QED) is 0.723. The van der Waals surface area contributed by atoms with Crippen LogP contribution in [-0.2, 0) is 25.5 Å². The molecule has 6 nitrogen and oxygen atoms in total. The smallest absolute Gasteiger partial charge is 0.306 e. The van der Waals surface area contributed by atoms with Gasteiger partial charge >= 0.3 is 5.97 Å². The van der Waals surface area contributed by atoms with Crippen molar-refractivity contribution in [2.45, 2.75) is 25.7 Å². The number of esters is 1. The van der Waals surface area contributed by atoms with Crippen molar-refractivity contribution < 1.29 is 19.1 Å². The van der Waals surface area contributed by atoms with Crippen molar-refractivity contribution in [3.63, 3.8) is 0 Å². The molecule has 2 amide bonds. The monoisotopic (exact) mass is 358 g/mol. The minimum Gasteiger partial charge on any atom is -0.469 e. The molecule has 6 heteroatoms. The zero-order chi connectivity index (χ0) is 18.5. The van der Waals surface area contributed by atoms with Gasteiger partial charge in [0, 0.05) is 50.9 Å². The zero-order valence-corrected chi connectivity index (χ0v) is 15.2. The van der Waals surface area contributed by atoms with Crippen LogP contribution in [-0.4, -0.2) is 60.9 Å². The molecule has 0 saturated carbocycles. The van der Waals surface area contributed by atoms with Crippen LogP contribution in [0, 0.1) is 11.8 Å². The van der Waals surface area contributed by atoms with E-state index < -0.39 is 0 Å². The topological polar surface area (TPSA) is 66.9 Å². The summed E-state index contributed by atoms with van der Waals surface area (Å²) in [5.74, 6) is 0.571. The molecule has 26 heavy (non-hydrogen) atoms. The molecule has 2 unspecified atom stereocenters. The van der Waals surface area contributed by atoms with E-state index in [1.54, 1.807) is 0 Å². The van der Waals surface area contributed by atoms with E-state index in [0.717, 1.165) is 19.5 Å². The van der Waals surface area contributed by atoms with Crippen molar-refractivity contribution in [3.8, 4) is 0 Å². The Balaban J connectivity index is 1.42. The maximum absolute atomic E-state index is 12.5. The fraction of sp³-hybridized carbons (Fsp3) is 0.550. The highest BCUT2D eigenvalue weighted by atomic mass is 16.5. The van der Waals surface area contributed by atoms with Gasteiger partial charge in [-0.25, -0.2) is 0 Å². The highest BCUT2D eigenvalue weighted by Crippen LogP contribution is 2.32. The average Bonchev–Trinajstić information content (AvgIpc) is 3.24. The second kappa shape index (κ2) is 8.34. The highest BCUT2D eigenvalue weighted by Gasteiger charge is 2.42. The SMILES string of the molecule is COC(=O)CCC(=O)N1CC2CN(C(=O)CCc3ccccc3)CC2C1. The number of hydrogen-bond acceptors (Lipinski definition) is 4. The Bertz CT molecular complexity index is 647. The first kappa shape index (κ1) is 18.4. The molecule has 1 aromatic carbocycles. The van der Waals surface area contributed by atoms with Crippen LogP contribution in [0.1, 0.15) is 24.8 Å². The number of carbonyl (C=O) groups is 3. The minimum absolute atomic E-state index is 0.00625. The van der Waals surface area contributed by atoms with Crippen LogP contribution in [0.25, 0.3) is 0 Å². The number of nitrogens with zero attached hydrogens (tertiary/aromatic N) is 2. The van der Waals surface area contributed by atoms with Crippen LogP contribution >= 0.6 is 0 Å².